The maximum Gasteiger partial charge on any atom is 0.322 e. The molecule has 1 aromatic rings. The summed E-state index contributed by atoms with van der Waals surface area (Å²) in [6, 6.07) is 5.99. The summed E-state index contributed by atoms with van der Waals surface area (Å²) >= 11 is 0. The fourth-order valence-electron chi connectivity index (χ4n) is 1.33. The molecule has 0 radical (unpaired) electrons. The van der Waals surface area contributed by atoms with Crippen LogP contribution >= 0.6 is 0 Å². The summed E-state index contributed by atoms with van der Waals surface area (Å²) in [5.74, 6) is -1.79. The number of phenols is 1. The highest BCUT2D eigenvalue weighted by Crippen LogP contribution is 2.25. The lowest BCUT2D eigenvalue weighted by atomic mass is 10.1. The zero-order valence-corrected chi connectivity index (χ0v) is 10.6. The number of ether oxygens (including phenoxy) is 1. The first kappa shape index (κ1) is 15.0. The number of methoxy groups -OCH3 is 1. The van der Waals surface area contributed by atoms with Crippen molar-refractivity contribution in [2.45, 2.75) is 0 Å². The van der Waals surface area contributed by atoms with E-state index in [9.17, 15) is 14.7 Å². The summed E-state index contributed by atoms with van der Waals surface area (Å²) in [6.45, 7) is -0.591. The molecule has 0 saturated heterocycles. The van der Waals surface area contributed by atoms with Crippen molar-refractivity contribution < 1.29 is 24.5 Å². The average molecular weight is 276 g/mol. The van der Waals surface area contributed by atoms with Gasteiger partial charge in [-0.15, -0.1) is 0 Å². The molecule has 0 aliphatic heterocycles. The van der Waals surface area contributed by atoms with Crippen molar-refractivity contribution in [3.8, 4) is 17.6 Å². The van der Waals surface area contributed by atoms with Crippen LogP contribution in [0.3, 0.4) is 0 Å². The third-order valence-corrected chi connectivity index (χ3v) is 2.30. The predicted octanol–water partition coefficient (Wildman–Crippen LogP) is 0.509. The van der Waals surface area contributed by atoms with Crippen molar-refractivity contribution in [3.05, 3.63) is 29.3 Å². The van der Waals surface area contributed by atoms with Gasteiger partial charge in [-0.3, -0.25) is 9.59 Å². The number of carboxylic acid groups (broad SMARTS) is 1. The van der Waals surface area contributed by atoms with Crippen LogP contribution in [0.2, 0.25) is 0 Å². The van der Waals surface area contributed by atoms with Crippen LogP contribution in [-0.4, -0.2) is 35.7 Å². The number of aliphatic carboxylic acids is 1. The Hall–Kier alpha value is -3.01. The van der Waals surface area contributed by atoms with E-state index < -0.39 is 18.4 Å². The van der Waals surface area contributed by atoms with Gasteiger partial charge in [-0.05, 0) is 18.2 Å². The van der Waals surface area contributed by atoms with Crippen LogP contribution in [0.15, 0.2) is 23.8 Å². The average Bonchev–Trinajstić information content (AvgIpc) is 2.43. The molecule has 0 atom stereocenters. The van der Waals surface area contributed by atoms with Crippen LogP contribution in [-0.2, 0) is 9.59 Å². The van der Waals surface area contributed by atoms with Gasteiger partial charge in [0.25, 0.3) is 5.91 Å². The highest BCUT2D eigenvalue weighted by Gasteiger charge is 2.11. The molecule has 1 rings (SSSR count). The molecule has 0 aliphatic rings. The Balaban J connectivity index is 2.97. The maximum atomic E-state index is 11.5. The first-order chi connectivity index (χ1) is 9.47. The van der Waals surface area contributed by atoms with Crippen molar-refractivity contribution >= 4 is 18.0 Å². The number of nitrogens with zero attached hydrogens (tertiary/aromatic N) is 1. The van der Waals surface area contributed by atoms with Crippen molar-refractivity contribution in [1.82, 2.24) is 5.32 Å². The fourth-order valence-corrected chi connectivity index (χ4v) is 1.33. The Kier molecular flexibility index (Phi) is 5.12. The van der Waals surface area contributed by atoms with Crippen LogP contribution in [0, 0.1) is 11.3 Å². The Labute approximate surface area is 114 Å². The molecule has 104 valence electrons. The van der Waals surface area contributed by atoms with E-state index in [4.69, 9.17) is 15.1 Å². The van der Waals surface area contributed by atoms with E-state index in [1.54, 1.807) is 12.1 Å². The molecule has 1 amide bonds. The number of amides is 1. The van der Waals surface area contributed by atoms with E-state index in [1.165, 1.54) is 19.2 Å². The van der Waals surface area contributed by atoms with Crippen LogP contribution in [0.25, 0.3) is 6.08 Å². The van der Waals surface area contributed by atoms with Crippen LogP contribution < -0.4 is 10.1 Å². The lowest BCUT2D eigenvalue weighted by Gasteiger charge is -2.04. The topological polar surface area (TPSA) is 120 Å². The molecule has 0 spiro atoms. The van der Waals surface area contributed by atoms with E-state index in [0.29, 0.717) is 5.75 Å². The van der Waals surface area contributed by atoms with Gasteiger partial charge < -0.3 is 20.3 Å². The molecule has 20 heavy (non-hydrogen) atoms. The van der Waals surface area contributed by atoms with E-state index >= 15 is 0 Å². The molecule has 0 heterocycles. The number of benzene rings is 1. The molecule has 0 bridgehead atoms. The summed E-state index contributed by atoms with van der Waals surface area (Å²) in [6.07, 6.45) is 1.16. The minimum Gasteiger partial charge on any atom is -0.507 e. The highest BCUT2D eigenvalue weighted by molar-refractivity contribution is 6.02. The van der Waals surface area contributed by atoms with Gasteiger partial charge in [0.2, 0.25) is 0 Å². The van der Waals surface area contributed by atoms with E-state index in [1.807, 2.05) is 0 Å². The molecule has 0 aliphatic carbocycles. The number of hydrogen-bond acceptors (Lipinski definition) is 5. The number of rotatable bonds is 5. The number of hydrogen-bond donors (Lipinski definition) is 3. The molecule has 7 heteroatoms. The summed E-state index contributed by atoms with van der Waals surface area (Å²) in [4.78, 5) is 21.9. The van der Waals surface area contributed by atoms with Gasteiger partial charge in [0, 0.05) is 11.6 Å². The molecule has 1 aromatic carbocycles. The monoisotopic (exact) mass is 276 g/mol. The van der Waals surface area contributed by atoms with Crippen molar-refractivity contribution in [2.24, 2.45) is 0 Å². The SMILES string of the molecule is COc1ccc(C=C(C#N)C(=O)NCC(=O)O)c(O)c1. The summed E-state index contributed by atoms with van der Waals surface area (Å²) in [5.41, 5.74) is -0.0699. The number of nitrogens with one attached hydrogen (secondary N) is 1. The quantitative estimate of drug-likeness (QED) is 0.532. The molecule has 0 unspecified atom stereocenters. The molecule has 0 fully saturated rings. The first-order valence-corrected chi connectivity index (χ1v) is 5.46. The normalized spacial score (nSPS) is 10.5. The van der Waals surface area contributed by atoms with Gasteiger partial charge in [0.05, 0.1) is 7.11 Å². The molecule has 3 N–H and O–H groups in total. The number of carboxylic acids is 1. The fraction of sp³-hybridized carbons (Fsp3) is 0.154. The molecular weight excluding hydrogens is 264 g/mol. The Morgan fingerprint density at radius 3 is 2.70 bits per heavy atom. The largest absolute Gasteiger partial charge is 0.507 e. The second-order valence-electron chi connectivity index (χ2n) is 3.67. The smallest absolute Gasteiger partial charge is 0.322 e. The highest BCUT2D eigenvalue weighted by atomic mass is 16.5. The maximum absolute atomic E-state index is 11.5. The van der Waals surface area contributed by atoms with Gasteiger partial charge in [-0.1, -0.05) is 0 Å². The lowest BCUT2D eigenvalue weighted by molar-refractivity contribution is -0.137. The number of phenolic OH excluding ortho intramolecular Hbond substituents is 1. The van der Waals surface area contributed by atoms with Crippen molar-refractivity contribution in [3.63, 3.8) is 0 Å². The summed E-state index contributed by atoms with van der Waals surface area (Å²) in [7, 11) is 1.43. The van der Waals surface area contributed by atoms with Crippen LogP contribution in [0.1, 0.15) is 5.56 Å². The first-order valence-electron chi connectivity index (χ1n) is 5.46. The third kappa shape index (κ3) is 4.03. The molecular formula is C13H12N2O5. The Bertz CT molecular complexity index is 601. The van der Waals surface area contributed by atoms with Crippen molar-refractivity contribution in [1.29, 1.82) is 5.26 Å². The number of carbonyl (C=O) groups excluding carboxylic acids is 1. The van der Waals surface area contributed by atoms with Gasteiger partial charge >= 0.3 is 5.97 Å². The molecule has 7 nitrogen and oxygen atoms in total. The lowest BCUT2D eigenvalue weighted by Crippen LogP contribution is -2.30. The predicted molar refractivity (Wildman–Crippen MR) is 68.9 cm³/mol. The van der Waals surface area contributed by atoms with Gasteiger partial charge in [0.15, 0.2) is 0 Å². The van der Waals surface area contributed by atoms with E-state index in [0.717, 1.165) is 6.08 Å². The standard InChI is InChI=1S/C13H12N2O5/c1-20-10-3-2-8(11(16)5-10)4-9(6-14)13(19)15-7-12(17)18/h2-5,16H,7H2,1H3,(H,15,19)(H,17,18). The van der Waals surface area contributed by atoms with Crippen molar-refractivity contribution in [2.75, 3.05) is 13.7 Å². The zero-order valence-electron chi connectivity index (χ0n) is 10.6. The van der Waals surface area contributed by atoms with Crippen LogP contribution in [0.4, 0.5) is 0 Å². The number of nitriles is 1. The third-order valence-electron chi connectivity index (χ3n) is 2.30. The van der Waals surface area contributed by atoms with Gasteiger partial charge in [-0.2, -0.15) is 5.26 Å². The molecule has 0 aromatic heterocycles. The number of aromatic hydroxyl groups is 1. The number of carbonyl (C=O) groups is 2. The minimum atomic E-state index is -1.22. The zero-order chi connectivity index (χ0) is 15.1. The Morgan fingerprint density at radius 1 is 1.50 bits per heavy atom. The second-order valence-corrected chi connectivity index (χ2v) is 3.67. The van der Waals surface area contributed by atoms with Gasteiger partial charge in [0.1, 0.15) is 29.7 Å². The second kappa shape index (κ2) is 6.80. The van der Waals surface area contributed by atoms with E-state index in [-0.39, 0.29) is 16.9 Å². The van der Waals surface area contributed by atoms with Crippen LogP contribution in [0.5, 0.6) is 11.5 Å². The van der Waals surface area contributed by atoms with Gasteiger partial charge in [-0.25, -0.2) is 0 Å². The summed E-state index contributed by atoms with van der Waals surface area (Å²) in [5, 5.41) is 29.1. The minimum absolute atomic E-state index is 0.164. The summed E-state index contributed by atoms with van der Waals surface area (Å²) < 4.78 is 4.90. The molecule has 0 saturated carbocycles. The Morgan fingerprint density at radius 2 is 2.20 bits per heavy atom. The van der Waals surface area contributed by atoms with E-state index in [2.05, 4.69) is 5.32 Å².